The quantitative estimate of drug-likeness (QED) is 0.475. The SMILES string of the molecule is N=C1C2C=NC(Nc3ccc(N4CCN(CCO)CC4)cc3)=NC2NC(=O)N1c1c(Cl)cccc1Cl. The zero-order valence-corrected chi connectivity index (χ0v) is 20.9. The summed E-state index contributed by atoms with van der Waals surface area (Å²) in [6, 6.07) is 12.4. The number of hydrogen-bond donors (Lipinski definition) is 4. The summed E-state index contributed by atoms with van der Waals surface area (Å²) in [5, 5.41) is 24.3. The number of β-amino-alcohol motifs (C(OH)–C–C–N with tert-alkyl or cyclic N) is 1. The molecule has 3 heterocycles. The molecule has 36 heavy (non-hydrogen) atoms. The molecule has 0 saturated carbocycles. The van der Waals surface area contributed by atoms with Crippen molar-refractivity contribution < 1.29 is 9.90 Å². The van der Waals surface area contributed by atoms with Crippen molar-refractivity contribution in [1.82, 2.24) is 10.2 Å². The van der Waals surface area contributed by atoms with E-state index >= 15 is 0 Å². The fourth-order valence-corrected chi connectivity index (χ4v) is 5.08. The summed E-state index contributed by atoms with van der Waals surface area (Å²) in [7, 11) is 0. The van der Waals surface area contributed by atoms with E-state index in [0.717, 1.165) is 42.5 Å². The van der Waals surface area contributed by atoms with Gasteiger partial charge in [0.25, 0.3) is 0 Å². The van der Waals surface area contributed by atoms with Gasteiger partial charge in [-0.15, -0.1) is 0 Å². The summed E-state index contributed by atoms with van der Waals surface area (Å²) >= 11 is 12.5. The molecule has 12 heteroatoms. The number of guanidine groups is 1. The lowest BCUT2D eigenvalue weighted by atomic mass is 10.0. The Hall–Kier alpha value is -3.18. The molecule has 188 valence electrons. The van der Waals surface area contributed by atoms with Crippen molar-refractivity contribution in [2.75, 3.05) is 54.4 Å². The normalized spacial score (nSPS) is 22.2. The highest BCUT2D eigenvalue weighted by molar-refractivity contribution is 6.42. The fraction of sp³-hybridized carbons (Fsp3) is 0.333. The van der Waals surface area contributed by atoms with E-state index in [1.807, 2.05) is 24.3 Å². The maximum atomic E-state index is 12.9. The van der Waals surface area contributed by atoms with Crippen molar-refractivity contribution in [2.24, 2.45) is 15.9 Å². The van der Waals surface area contributed by atoms with Gasteiger partial charge in [0.15, 0.2) is 0 Å². The Balaban J connectivity index is 1.24. The molecule has 2 aromatic carbocycles. The summed E-state index contributed by atoms with van der Waals surface area (Å²) in [6.07, 6.45) is 0.928. The molecule has 0 spiro atoms. The molecule has 5 rings (SSSR count). The van der Waals surface area contributed by atoms with Crippen molar-refractivity contribution >= 4 is 64.3 Å². The van der Waals surface area contributed by atoms with Crippen molar-refractivity contribution in [1.29, 1.82) is 5.41 Å². The molecule has 2 fully saturated rings. The van der Waals surface area contributed by atoms with Gasteiger partial charge in [0.2, 0.25) is 5.96 Å². The minimum atomic E-state index is -0.669. The fourth-order valence-electron chi connectivity index (χ4n) is 4.51. The largest absolute Gasteiger partial charge is 0.395 e. The number of aliphatic hydroxyl groups is 1. The molecule has 2 amide bonds. The van der Waals surface area contributed by atoms with Crippen LogP contribution in [0, 0.1) is 11.3 Å². The van der Waals surface area contributed by atoms with E-state index in [1.165, 1.54) is 0 Å². The highest BCUT2D eigenvalue weighted by Crippen LogP contribution is 2.36. The van der Waals surface area contributed by atoms with Gasteiger partial charge >= 0.3 is 6.03 Å². The Morgan fingerprint density at radius 2 is 1.78 bits per heavy atom. The maximum absolute atomic E-state index is 12.9. The van der Waals surface area contributed by atoms with Crippen LogP contribution in [0.3, 0.4) is 0 Å². The lowest BCUT2D eigenvalue weighted by molar-refractivity contribution is 0.189. The van der Waals surface area contributed by atoms with E-state index in [1.54, 1.807) is 24.4 Å². The number of anilines is 3. The molecule has 2 aromatic rings. The van der Waals surface area contributed by atoms with Gasteiger partial charge in [-0.25, -0.2) is 19.7 Å². The van der Waals surface area contributed by atoms with Crippen molar-refractivity contribution in [3.63, 3.8) is 0 Å². The maximum Gasteiger partial charge on any atom is 0.329 e. The van der Waals surface area contributed by atoms with Crippen LogP contribution < -0.4 is 20.4 Å². The Morgan fingerprint density at radius 1 is 1.08 bits per heavy atom. The van der Waals surface area contributed by atoms with Gasteiger partial charge in [-0.05, 0) is 36.4 Å². The number of fused-ring (bicyclic) bond motifs is 1. The van der Waals surface area contributed by atoms with Gasteiger partial charge in [-0.1, -0.05) is 29.3 Å². The number of halogens is 2. The van der Waals surface area contributed by atoms with Crippen LogP contribution in [0.1, 0.15) is 0 Å². The second-order valence-electron chi connectivity index (χ2n) is 8.67. The molecule has 3 aliphatic heterocycles. The number of carbonyl (C=O) groups is 1. The second kappa shape index (κ2) is 10.4. The number of urea groups is 1. The molecule has 2 saturated heterocycles. The molecule has 2 unspecified atom stereocenters. The Bertz CT molecular complexity index is 1190. The topological polar surface area (TPSA) is 120 Å². The first-order valence-electron chi connectivity index (χ1n) is 11.6. The van der Waals surface area contributed by atoms with E-state index in [9.17, 15) is 4.79 Å². The van der Waals surface area contributed by atoms with Gasteiger partial charge in [0.1, 0.15) is 12.0 Å². The number of para-hydroxylation sites is 1. The number of amides is 2. The average Bonchev–Trinajstić information content (AvgIpc) is 2.87. The molecular formula is C24H26Cl2N8O2. The lowest BCUT2D eigenvalue weighted by Crippen LogP contribution is -2.61. The molecule has 0 bridgehead atoms. The van der Waals surface area contributed by atoms with Crippen LogP contribution in [0.5, 0.6) is 0 Å². The third kappa shape index (κ3) is 4.90. The van der Waals surface area contributed by atoms with Crippen LogP contribution in [-0.4, -0.2) is 79.5 Å². The number of nitrogens with zero attached hydrogens (tertiary/aromatic N) is 5. The zero-order chi connectivity index (χ0) is 25.2. The zero-order valence-electron chi connectivity index (χ0n) is 19.4. The average molecular weight is 529 g/mol. The van der Waals surface area contributed by atoms with E-state index in [-0.39, 0.29) is 28.2 Å². The van der Waals surface area contributed by atoms with E-state index in [0.29, 0.717) is 12.5 Å². The highest BCUT2D eigenvalue weighted by Gasteiger charge is 2.41. The van der Waals surface area contributed by atoms with Gasteiger partial charge in [0, 0.05) is 50.3 Å². The number of benzene rings is 2. The Morgan fingerprint density at radius 3 is 2.44 bits per heavy atom. The van der Waals surface area contributed by atoms with Crippen LogP contribution in [0.4, 0.5) is 21.9 Å². The first-order valence-corrected chi connectivity index (χ1v) is 12.4. The van der Waals surface area contributed by atoms with Crippen molar-refractivity contribution in [2.45, 2.75) is 6.17 Å². The Labute approximate surface area is 218 Å². The number of aliphatic imine (C=N–C) groups is 2. The van der Waals surface area contributed by atoms with Crippen LogP contribution in [0.25, 0.3) is 0 Å². The first kappa shape index (κ1) is 24.5. The van der Waals surface area contributed by atoms with Crippen LogP contribution in [0.15, 0.2) is 52.4 Å². The summed E-state index contributed by atoms with van der Waals surface area (Å²) in [6.45, 7) is 4.58. The number of piperazine rings is 1. The standard InChI is InChI=1S/C24H26Cl2N8O2/c25-18-2-1-3-19(26)20(18)34-21(27)17-14-28-23(30-22(17)31-24(34)36)29-15-4-6-16(7-5-15)33-10-8-32(9-11-33)12-13-35/h1-7,14,17,22,27,35H,8-13H2,(H,29,30)(H,31,36). The predicted molar refractivity (Wildman–Crippen MR) is 144 cm³/mol. The summed E-state index contributed by atoms with van der Waals surface area (Å²) in [4.78, 5) is 27.5. The number of amidine groups is 1. The predicted octanol–water partition coefficient (Wildman–Crippen LogP) is 3.11. The molecule has 2 atom stereocenters. The smallest absolute Gasteiger partial charge is 0.329 e. The summed E-state index contributed by atoms with van der Waals surface area (Å²) in [5.41, 5.74) is 2.20. The van der Waals surface area contributed by atoms with Crippen molar-refractivity contribution in [3.05, 3.63) is 52.5 Å². The van der Waals surface area contributed by atoms with E-state index in [2.05, 4.69) is 30.4 Å². The van der Waals surface area contributed by atoms with Gasteiger partial charge in [-0.2, -0.15) is 0 Å². The number of aliphatic hydroxyl groups excluding tert-OH is 1. The van der Waals surface area contributed by atoms with Crippen molar-refractivity contribution in [3.8, 4) is 0 Å². The molecule has 10 nitrogen and oxygen atoms in total. The van der Waals surface area contributed by atoms with Crippen LogP contribution >= 0.6 is 23.2 Å². The van der Waals surface area contributed by atoms with E-state index < -0.39 is 18.1 Å². The highest BCUT2D eigenvalue weighted by atomic mass is 35.5. The summed E-state index contributed by atoms with van der Waals surface area (Å²) < 4.78 is 0. The Kier molecular flexibility index (Phi) is 7.10. The van der Waals surface area contributed by atoms with Gasteiger partial charge < -0.3 is 20.6 Å². The molecule has 4 N–H and O–H groups in total. The molecular weight excluding hydrogens is 503 g/mol. The van der Waals surface area contributed by atoms with Crippen LogP contribution in [0.2, 0.25) is 10.0 Å². The molecule has 0 radical (unpaired) electrons. The number of nitrogens with one attached hydrogen (secondary N) is 3. The van der Waals surface area contributed by atoms with Gasteiger partial charge in [0.05, 0.1) is 28.3 Å². The third-order valence-electron chi connectivity index (χ3n) is 6.43. The monoisotopic (exact) mass is 528 g/mol. The second-order valence-corrected chi connectivity index (χ2v) is 9.48. The third-order valence-corrected chi connectivity index (χ3v) is 7.04. The minimum Gasteiger partial charge on any atom is -0.395 e. The van der Waals surface area contributed by atoms with Crippen LogP contribution in [-0.2, 0) is 0 Å². The number of carbonyl (C=O) groups excluding carboxylic acids is 1. The molecule has 3 aliphatic rings. The molecule has 0 aromatic heterocycles. The van der Waals surface area contributed by atoms with E-state index in [4.69, 9.17) is 33.7 Å². The lowest BCUT2D eigenvalue weighted by Gasteiger charge is -2.38. The first-order chi connectivity index (χ1) is 17.4. The number of hydrogen-bond acceptors (Lipinski definition) is 8. The van der Waals surface area contributed by atoms with Gasteiger partial charge in [-0.3, -0.25) is 10.3 Å². The number of rotatable bonds is 5. The minimum absolute atomic E-state index is 0.00580. The molecule has 0 aliphatic carbocycles. The summed E-state index contributed by atoms with van der Waals surface area (Å²) in [5.74, 6) is -0.222.